The molecule has 0 bridgehead atoms. The summed E-state index contributed by atoms with van der Waals surface area (Å²) in [6.45, 7) is 3.21. The Hall–Kier alpha value is -2.00. The average Bonchev–Trinajstić information content (AvgIpc) is 2.49. The lowest BCUT2D eigenvalue weighted by atomic mass is 10.2. The minimum Gasteiger partial charge on any atom is -0.452 e. The quantitative estimate of drug-likeness (QED) is 0.713. The van der Waals surface area contributed by atoms with Crippen LogP contribution in [0.15, 0.2) is 23.1 Å². The Bertz CT molecular complexity index is 686. The Morgan fingerprint density at radius 2 is 1.91 bits per heavy atom. The standard InChI is InChI=1S/C14H19FN2O5S/c1-3-9(4-2)17-13(18)8-22-14(19)11-7-10(23(16,20)21)5-6-12(11)15/h5-7,9H,3-4,8H2,1-2H3,(H,17,18)(H2,16,20,21). The van der Waals surface area contributed by atoms with Gasteiger partial charge in [0, 0.05) is 6.04 Å². The molecule has 0 fully saturated rings. The van der Waals surface area contributed by atoms with Gasteiger partial charge in [-0.3, -0.25) is 4.79 Å². The summed E-state index contributed by atoms with van der Waals surface area (Å²) in [6, 6.07) is 2.46. The summed E-state index contributed by atoms with van der Waals surface area (Å²) in [6.07, 6.45) is 1.45. The van der Waals surface area contributed by atoms with E-state index >= 15 is 0 Å². The number of amides is 1. The van der Waals surface area contributed by atoms with Crippen LogP contribution < -0.4 is 10.5 Å². The molecule has 0 aliphatic carbocycles. The highest BCUT2D eigenvalue weighted by atomic mass is 32.2. The summed E-state index contributed by atoms with van der Waals surface area (Å²) in [5.41, 5.74) is -0.605. The third-order valence-corrected chi connectivity index (χ3v) is 4.08. The van der Waals surface area contributed by atoms with Crippen molar-refractivity contribution in [1.82, 2.24) is 5.32 Å². The van der Waals surface area contributed by atoms with Crippen molar-refractivity contribution in [2.75, 3.05) is 6.61 Å². The number of primary sulfonamides is 1. The highest BCUT2D eigenvalue weighted by Gasteiger charge is 2.19. The molecule has 0 saturated heterocycles. The number of nitrogens with two attached hydrogens (primary N) is 1. The van der Waals surface area contributed by atoms with Crippen molar-refractivity contribution in [2.24, 2.45) is 5.14 Å². The van der Waals surface area contributed by atoms with Crippen LogP contribution in [0.25, 0.3) is 0 Å². The maximum absolute atomic E-state index is 13.6. The van der Waals surface area contributed by atoms with E-state index in [0.29, 0.717) is 0 Å². The van der Waals surface area contributed by atoms with Crippen LogP contribution in [0.2, 0.25) is 0 Å². The zero-order chi connectivity index (χ0) is 17.6. The second-order valence-electron chi connectivity index (χ2n) is 4.84. The maximum Gasteiger partial charge on any atom is 0.341 e. The highest BCUT2D eigenvalue weighted by molar-refractivity contribution is 7.89. The predicted octanol–water partition coefficient (Wildman–Crippen LogP) is 0.935. The monoisotopic (exact) mass is 346 g/mol. The summed E-state index contributed by atoms with van der Waals surface area (Å²) >= 11 is 0. The Morgan fingerprint density at radius 3 is 2.43 bits per heavy atom. The average molecular weight is 346 g/mol. The van der Waals surface area contributed by atoms with Gasteiger partial charge in [0.25, 0.3) is 5.91 Å². The zero-order valence-electron chi connectivity index (χ0n) is 12.8. The highest BCUT2D eigenvalue weighted by Crippen LogP contribution is 2.15. The smallest absolute Gasteiger partial charge is 0.341 e. The van der Waals surface area contributed by atoms with E-state index in [4.69, 9.17) is 9.88 Å². The van der Waals surface area contributed by atoms with Gasteiger partial charge in [0.15, 0.2) is 6.61 Å². The lowest BCUT2D eigenvalue weighted by molar-refractivity contribution is -0.125. The van der Waals surface area contributed by atoms with E-state index in [1.807, 2.05) is 13.8 Å². The van der Waals surface area contributed by atoms with E-state index in [1.54, 1.807) is 0 Å². The van der Waals surface area contributed by atoms with Crippen molar-refractivity contribution < 1.29 is 27.1 Å². The lowest BCUT2D eigenvalue weighted by Crippen LogP contribution is -2.36. The Kier molecular flexibility index (Phi) is 6.64. The normalized spacial score (nSPS) is 11.3. The van der Waals surface area contributed by atoms with Gasteiger partial charge in [-0.1, -0.05) is 13.8 Å². The second kappa shape index (κ2) is 8.02. The Morgan fingerprint density at radius 1 is 1.30 bits per heavy atom. The Labute approximate surface area is 134 Å². The molecule has 23 heavy (non-hydrogen) atoms. The number of halogens is 1. The molecule has 9 heteroatoms. The third kappa shape index (κ3) is 5.61. The number of esters is 1. The molecule has 1 aromatic rings. The van der Waals surface area contributed by atoms with E-state index in [2.05, 4.69) is 5.32 Å². The molecule has 1 aromatic carbocycles. The first-order chi connectivity index (χ1) is 10.7. The first-order valence-corrected chi connectivity index (χ1v) is 8.52. The number of rotatable bonds is 7. The SMILES string of the molecule is CCC(CC)NC(=O)COC(=O)c1cc(S(N)(=O)=O)ccc1F. The van der Waals surface area contributed by atoms with Gasteiger partial charge in [-0.05, 0) is 31.0 Å². The molecular weight excluding hydrogens is 327 g/mol. The van der Waals surface area contributed by atoms with Crippen molar-refractivity contribution in [3.05, 3.63) is 29.6 Å². The molecule has 1 amide bonds. The van der Waals surface area contributed by atoms with Crippen molar-refractivity contribution >= 4 is 21.9 Å². The van der Waals surface area contributed by atoms with Crippen molar-refractivity contribution in [3.63, 3.8) is 0 Å². The van der Waals surface area contributed by atoms with Gasteiger partial charge in [-0.15, -0.1) is 0 Å². The molecule has 128 valence electrons. The van der Waals surface area contributed by atoms with Gasteiger partial charge in [0.2, 0.25) is 10.0 Å². The van der Waals surface area contributed by atoms with E-state index in [9.17, 15) is 22.4 Å². The number of nitrogens with one attached hydrogen (secondary N) is 1. The zero-order valence-corrected chi connectivity index (χ0v) is 13.7. The summed E-state index contributed by atoms with van der Waals surface area (Å²) in [4.78, 5) is 23.0. The molecular formula is C14H19FN2O5S. The van der Waals surface area contributed by atoms with Crippen molar-refractivity contribution in [1.29, 1.82) is 0 Å². The van der Waals surface area contributed by atoms with Crippen LogP contribution in [0.1, 0.15) is 37.0 Å². The van der Waals surface area contributed by atoms with Gasteiger partial charge >= 0.3 is 5.97 Å². The molecule has 0 unspecified atom stereocenters. The molecule has 0 aliphatic rings. The van der Waals surface area contributed by atoms with Crippen molar-refractivity contribution in [3.8, 4) is 0 Å². The first-order valence-electron chi connectivity index (χ1n) is 6.97. The molecule has 0 saturated carbocycles. The first kappa shape index (κ1) is 19.0. The van der Waals surface area contributed by atoms with Crippen LogP contribution in [-0.2, 0) is 19.6 Å². The predicted molar refractivity (Wildman–Crippen MR) is 80.6 cm³/mol. The maximum atomic E-state index is 13.6. The van der Waals surface area contributed by atoms with E-state index < -0.39 is 44.8 Å². The fraction of sp³-hybridized carbons (Fsp3) is 0.429. The van der Waals surface area contributed by atoms with Gasteiger partial charge in [-0.25, -0.2) is 22.7 Å². The molecule has 7 nitrogen and oxygen atoms in total. The van der Waals surface area contributed by atoms with Gasteiger partial charge in [0.05, 0.1) is 10.5 Å². The number of carbonyl (C=O) groups is 2. The van der Waals surface area contributed by atoms with Gasteiger partial charge < -0.3 is 10.1 Å². The van der Waals surface area contributed by atoms with E-state index in [-0.39, 0.29) is 6.04 Å². The summed E-state index contributed by atoms with van der Waals surface area (Å²) in [7, 11) is -4.08. The number of hydrogen-bond acceptors (Lipinski definition) is 5. The number of ether oxygens (including phenoxy) is 1. The van der Waals surface area contributed by atoms with Crippen LogP contribution in [-0.4, -0.2) is 32.9 Å². The van der Waals surface area contributed by atoms with Crippen LogP contribution in [0.5, 0.6) is 0 Å². The molecule has 0 radical (unpaired) electrons. The molecule has 1 rings (SSSR count). The number of benzene rings is 1. The van der Waals surface area contributed by atoms with Crippen LogP contribution in [0, 0.1) is 5.82 Å². The molecule has 0 spiro atoms. The molecule has 3 N–H and O–H groups in total. The second-order valence-corrected chi connectivity index (χ2v) is 6.41. The topological polar surface area (TPSA) is 116 Å². The molecule has 0 aliphatic heterocycles. The molecule has 0 atom stereocenters. The summed E-state index contributed by atoms with van der Waals surface area (Å²) < 4.78 is 40.7. The Balaban J connectivity index is 2.77. The van der Waals surface area contributed by atoms with Crippen LogP contribution >= 0.6 is 0 Å². The summed E-state index contributed by atoms with van der Waals surface area (Å²) in [5.74, 6) is -2.63. The number of hydrogen-bond donors (Lipinski definition) is 2. The van der Waals surface area contributed by atoms with Gasteiger partial charge in [0.1, 0.15) is 5.82 Å². The fourth-order valence-electron chi connectivity index (χ4n) is 1.81. The van der Waals surface area contributed by atoms with E-state index in [0.717, 1.165) is 31.0 Å². The van der Waals surface area contributed by atoms with Gasteiger partial charge in [-0.2, -0.15) is 0 Å². The van der Waals surface area contributed by atoms with Crippen molar-refractivity contribution in [2.45, 2.75) is 37.6 Å². The van der Waals surface area contributed by atoms with E-state index in [1.165, 1.54) is 0 Å². The molecule has 0 aromatic heterocycles. The number of carbonyl (C=O) groups excluding carboxylic acids is 2. The fourth-order valence-corrected chi connectivity index (χ4v) is 2.35. The third-order valence-electron chi connectivity index (χ3n) is 3.17. The summed E-state index contributed by atoms with van der Waals surface area (Å²) in [5, 5.41) is 7.56. The lowest BCUT2D eigenvalue weighted by Gasteiger charge is -2.14. The largest absolute Gasteiger partial charge is 0.452 e. The minimum atomic E-state index is -4.08. The molecule has 0 heterocycles. The minimum absolute atomic E-state index is 0.0383. The number of sulfonamides is 1. The van der Waals surface area contributed by atoms with Crippen LogP contribution in [0.4, 0.5) is 4.39 Å². The van der Waals surface area contributed by atoms with Crippen LogP contribution in [0.3, 0.4) is 0 Å².